The lowest BCUT2D eigenvalue weighted by molar-refractivity contribution is -0.118. The largest absolute Gasteiger partial charge is 0.482 e. The summed E-state index contributed by atoms with van der Waals surface area (Å²) in [5.41, 5.74) is 1.76. The third-order valence-electron chi connectivity index (χ3n) is 2.66. The Morgan fingerprint density at radius 2 is 2.29 bits per heavy atom. The molecule has 2 rings (SSSR count). The van der Waals surface area contributed by atoms with Crippen molar-refractivity contribution in [1.29, 1.82) is 0 Å². The molecule has 0 bridgehead atoms. The zero-order valence-corrected chi connectivity index (χ0v) is 10.2. The minimum atomic E-state index is -0.100. The van der Waals surface area contributed by atoms with Crippen molar-refractivity contribution in [2.75, 3.05) is 23.8 Å². The fourth-order valence-electron chi connectivity index (χ4n) is 1.70. The number of nitrogens with one attached hydrogen (secondary N) is 2. The summed E-state index contributed by atoms with van der Waals surface area (Å²) in [6, 6.07) is 5.76. The molecule has 1 aromatic carbocycles. The molecule has 0 atom stereocenters. The van der Waals surface area contributed by atoms with E-state index in [9.17, 15) is 4.79 Å². The molecule has 4 nitrogen and oxygen atoms in total. The number of fused-ring (bicyclic) bond motifs is 1. The average Bonchev–Trinajstić information content (AvgIpc) is 2.28. The fraction of sp³-hybridized carbons (Fsp3) is 0.462. The lowest BCUT2D eigenvalue weighted by atomic mass is 10.1. The van der Waals surface area contributed by atoms with Crippen LogP contribution >= 0.6 is 0 Å². The van der Waals surface area contributed by atoms with Crippen LogP contribution in [-0.4, -0.2) is 19.1 Å². The van der Waals surface area contributed by atoms with Gasteiger partial charge in [-0.05, 0) is 30.5 Å². The second-order valence-electron chi connectivity index (χ2n) is 4.66. The van der Waals surface area contributed by atoms with Gasteiger partial charge in [0.25, 0.3) is 5.91 Å². The van der Waals surface area contributed by atoms with Crippen LogP contribution in [0.4, 0.5) is 11.4 Å². The highest BCUT2D eigenvalue weighted by Crippen LogP contribution is 2.30. The highest BCUT2D eigenvalue weighted by molar-refractivity contribution is 5.95. The summed E-state index contributed by atoms with van der Waals surface area (Å²) in [5, 5.41) is 6.13. The zero-order valence-electron chi connectivity index (χ0n) is 10.2. The van der Waals surface area contributed by atoms with Crippen molar-refractivity contribution < 1.29 is 9.53 Å². The van der Waals surface area contributed by atoms with E-state index >= 15 is 0 Å². The summed E-state index contributed by atoms with van der Waals surface area (Å²) in [5.74, 6) is 1.32. The molecule has 0 saturated carbocycles. The Bertz CT molecular complexity index is 416. The molecule has 1 heterocycles. The summed E-state index contributed by atoms with van der Waals surface area (Å²) in [6.45, 7) is 5.43. The van der Waals surface area contributed by atoms with Crippen molar-refractivity contribution in [3.8, 4) is 5.75 Å². The summed E-state index contributed by atoms with van der Waals surface area (Å²) < 4.78 is 5.29. The maximum atomic E-state index is 11.2. The quantitative estimate of drug-likeness (QED) is 0.841. The molecular formula is C13H18N2O2. The Morgan fingerprint density at radius 1 is 1.47 bits per heavy atom. The normalized spacial score (nSPS) is 13.9. The molecule has 1 aliphatic rings. The number of hydrogen-bond donors (Lipinski definition) is 2. The number of hydrogen-bond acceptors (Lipinski definition) is 3. The third kappa shape index (κ3) is 3.12. The Labute approximate surface area is 101 Å². The maximum absolute atomic E-state index is 11.2. The van der Waals surface area contributed by atoms with Crippen LogP contribution < -0.4 is 15.4 Å². The molecule has 2 N–H and O–H groups in total. The number of carbonyl (C=O) groups excluding carboxylic acids is 1. The average molecular weight is 234 g/mol. The van der Waals surface area contributed by atoms with Crippen LogP contribution in [0.25, 0.3) is 0 Å². The van der Waals surface area contributed by atoms with Crippen molar-refractivity contribution in [2.24, 2.45) is 5.92 Å². The van der Waals surface area contributed by atoms with Crippen LogP contribution in [-0.2, 0) is 4.79 Å². The minimum absolute atomic E-state index is 0.100. The van der Waals surface area contributed by atoms with Gasteiger partial charge in [-0.15, -0.1) is 0 Å². The monoisotopic (exact) mass is 234 g/mol. The van der Waals surface area contributed by atoms with E-state index in [2.05, 4.69) is 24.5 Å². The van der Waals surface area contributed by atoms with E-state index in [4.69, 9.17) is 4.74 Å². The molecule has 4 heteroatoms. The van der Waals surface area contributed by atoms with E-state index in [-0.39, 0.29) is 12.5 Å². The molecule has 0 radical (unpaired) electrons. The predicted molar refractivity (Wildman–Crippen MR) is 68.5 cm³/mol. The van der Waals surface area contributed by atoms with Gasteiger partial charge in [0.15, 0.2) is 6.61 Å². The van der Waals surface area contributed by atoms with Gasteiger partial charge in [0.1, 0.15) is 5.75 Å². The van der Waals surface area contributed by atoms with Gasteiger partial charge in [0.05, 0.1) is 5.69 Å². The Balaban J connectivity index is 2.00. The first kappa shape index (κ1) is 11.8. The SMILES string of the molecule is CC(C)CCNc1ccc2c(c1)NC(=O)CO2. The number of carbonyl (C=O) groups is 1. The van der Waals surface area contributed by atoms with Gasteiger partial charge < -0.3 is 15.4 Å². The van der Waals surface area contributed by atoms with E-state index in [0.717, 1.165) is 30.1 Å². The second-order valence-corrected chi connectivity index (χ2v) is 4.66. The number of amides is 1. The van der Waals surface area contributed by atoms with Crippen molar-refractivity contribution in [3.63, 3.8) is 0 Å². The highest BCUT2D eigenvalue weighted by Gasteiger charge is 2.15. The molecule has 0 unspecified atom stereocenters. The van der Waals surface area contributed by atoms with Crippen LogP contribution in [0.2, 0.25) is 0 Å². The number of anilines is 2. The van der Waals surface area contributed by atoms with E-state index in [1.54, 1.807) is 0 Å². The van der Waals surface area contributed by atoms with Crippen LogP contribution in [0.3, 0.4) is 0 Å². The third-order valence-corrected chi connectivity index (χ3v) is 2.66. The molecule has 0 saturated heterocycles. The van der Waals surface area contributed by atoms with E-state index in [0.29, 0.717) is 5.92 Å². The van der Waals surface area contributed by atoms with Gasteiger partial charge in [0.2, 0.25) is 0 Å². The summed E-state index contributed by atoms with van der Waals surface area (Å²) >= 11 is 0. The second kappa shape index (κ2) is 5.08. The summed E-state index contributed by atoms with van der Waals surface area (Å²) in [4.78, 5) is 11.2. The zero-order chi connectivity index (χ0) is 12.3. The van der Waals surface area contributed by atoms with Crippen LogP contribution in [0.15, 0.2) is 18.2 Å². The van der Waals surface area contributed by atoms with Gasteiger partial charge in [-0.2, -0.15) is 0 Å². The number of ether oxygens (including phenoxy) is 1. The Kier molecular flexibility index (Phi) is 3.52. The predicted octanol–water partition coefficient (Wildman–Crippen LogP) is 2.48. The molecule has 1 aromatic rings. The molecule has 0 aliphatic carbocycles. The van der Waals surface area contributed by atoms with Crippen LogP contribution in [0.5, 0.6) is 5.75 Å². The standard InChI is InChI=1S/C13H18N2O2/c1-9(2)5-6-14-10-3-4-12-11(7-10)15-13(16)8-17-12/h3-4,7,9,14H,5-6,8H2,1-2H3,(H,15,16). The molecular weight excluding hydrogens is 216 g/mol. The van der Waals surface area contributed by atoms with Crippen molar-refractivity contribution in [3.05, 3.63) is 18.2 Å². The topological polar surface area (TPSA) is 50.4 Å². The fourth-order valence-corrected chi connectivity index (χ4v) is 1.70. The molecule has 17 heavy (non-hydrogen) atoms. The van der Waals surface area contributed by atoms with E-state index < -0.39 is 0 Å². The molecule has 1 aliphatic heterocycles. The first-order valence-electron chi connectivity index (χ1n) is 5.96. The Hall–Kier alpha value is -1.71. The molecule has 0 aromatic heterocycles. The molecule has 92 valence electrons. The minimum Gasteiger partial charge on any atom is -0.482 e. The van der Waals surface area contributed by atoms with Gasteiger partial charge in [0, 0.05) is 12.2 Å². The van der Waals surface area contributed by atoms with Gasteiger partial charge >= 0.3 is 0 Å². The molecule has 0 spiro atoms. The number of rotatable bonds is 4. The van der Waals surface area contributed by atoms with Crippen LogP contribution in [0, 0.1) is 5.92 Å². The first-order valence-corrected chi connectivity index (χ1v) is 5.96. The summed E-state index contributed by atoms with van der Waals surface area (Å²) in [7, 11) is 0. The van der Waals surface area contributed by atoms with Gasteiger partial charge in [-0.25, -0.2) is 0 Å². The van der Waals surface area contributed by atoms with Crippen molar-refractivity contribution >= 4 is 17.3 Å². The lowest BCUT2D eigenvalue weighted by Crippen LogP contribution is -2.25. The maximum Gasteiger partial charge on any atom is 0.262 e. The van der Waals surface area contributed by atoms with Crippen LogP contribution in [0.1, 0.15) is 20.3 Å². The van der Waals surface area contributed by atoms with Gasteiger partial charge in [-0.3, -0.25) is 4.79 Å². The lowest BCUT2D eigenvalue weighted by Gasteiger charge is -2.19. The molecule has 0 fully saturated rings. The van der Waals surface area contributed by atoms with Gasteiger partial charge in [-0.1, -0.05) is 13.8 Å². The van der Waals surface area contributed by atoms with Crippen molar-refractivity contribution in [2.45, 2.75) is 20.3 Å². The Morgan fingerprint density at radius 3 is 3.06 bits per heavy atom. The van der Waals surface area contributed by atoms with E-state index in [1.165, 1.54) is 0 Å². The summed E-state index contributed by atoms with van der Waals surface area (Å²) in [6.07, 6.45) is 1.12. The number of benzene rings is 1. The van der Waals surface area contributed by atoms with Crippen molar-refractivity contribution in [1.82, 2.24) is 0 Å². The molecule has 1 amide bonds. The smallest absolute Gasteiger partial charge is 0.262 e. The van der Waals surface area contributed by atoms with E-state index in [1.807, 2.05) is 18.2 Å². The first-order chi connectivity index (χ1) is 8.15. The highest BCUT2D eigenvalue weighted by atomic mass is 16.5.